The van der Waals surface area contributed by atoms with Crippen LogP contribution in [0.1, 0.15) is 49.3 Å². The topological polar surface area (TPSA) is 54.5 Å². The molecule has 4 nitrogen and oxygen atoms in total. The van der Waals surface area contributed by atoms with Crippen molar-refractivity contribution in [2.24, 2.45) is 0 Å². The van der Waals surface area contributed by atoms with E-state index in [2.05, 4.69) is 0 Å². The normalized spacial score (nSPS) is 17.9. The van der Waals surface area contributed by atoms with Gasteiger partial charge >= 0.3 is 0 Å². The molecule has 0 unspecified atom stereocenters. The van der Waals surface area contributed by atoms with E-state index in [0.717, 1.165) is 65.8 Å². The Hall–Kier alpha value is -2.73. The molecule has 1 fully saturated rings. The molecule has 0 aromatic heterocycles. The lowest BCUT2D eigenvalue weighted by Gasteiger charge is -2.27. The first kappa shape index (κ1) is 21.5. The van der Waals surface area contributed by atoms with E-state index in [1.165, 1.54) is 18.4 Å². The number of hydrogen-bond donors (Lipinski definition) is 0. The van der Waals surface area contributed by atoms with E-state index in [0.29, 0.717) is 0 Å². The van der Waals surface area contributed by atoms with Gasteiger partial charge in [0.05, 0.1) is 11.3 Å². The van der Waals surface area contributed by atoms with E-state index in [1.807, 2.05) is 17.9 Å². The Morgan fingerprint density at radius 3 is 2.35 bits per heavy atom. The third kappa shape index (κ3) is 4.49. The van der Waals surface area contributed by atoms with Crippen LogP contribution >= 0.6 is 0 Å². The number of nitrogens with zero attached hydrogens (tertiary/aromatic N) is 1. The van der Waals surface area contributed by atoms with Gasteiger partial charge in [-0.15, -0.1) is 0 Å². The maximum absolute atomic E-state index is 14.1. The smallest absolute Gasteiger partial charge is 0.227 e. The molecule has 1 aliphatic carbocycles. The second-order valence-corrected chi connectivity index (χ2v) is 10.3. The lowest BCUT2D eigenvalue weighted by molar-refractivity contribution is -0.130. The van der Waals surface area contributed by atoms with E-state index in [9.17, 15) is 17.6 Å². The Morgan fingerprint density at radius 2 is 1.71 bits per heavy atom. The van der Waals surface area contributed by atoms with Crippen molar-refractivity contribution in [3.05, 3.63) is 70.5 Å². The van der Waals surface area contributed by atoms with Crippen LogP contribution in [0.4, 0.5) is 4.39 Å². The molecule has 0 atom stereocenters. The molecule has 6 heteroatoms. The maximum atomic E-state index is 14.1. The molecule has 2 aliphatic rings. The molecular formula is C25H26FNO3S. The largest absolute Gasteiger partial charge is 0.342 e. The van der Waals surface area contributed by atoms with Crippen molar-refractivity contribution in [1.82, 2.24) is 4.90 Å². The van der Waals surface area contributed by atoms with Crippen LogP contribution in [0, 0.1) is 5.82 Å². The van der Waals surface area contributed by atoms with Crippen LogP contribution in [0.25, 0.3) is 17.2 Å². The zero-order chi connectivity index (χ0) is 22.2. The number of fused-ring (bicyclic) bond motifs is 1. The van der Waals surface area contributed by atoms with Gasteiger partial charge in [0.15, 0.2) is 9.84 Å². The summed E-state index contributed by atoms with van der Waals surface area (Å²) in [5.41, 5.74) is 5.26. The van der Waals surface area contributed by atoms with Crippen LogP contribution in [0.5, 0.6) is 0 Å². The Morgan fingerprint density at radius 1 is 1.03 bits per heavy atom. The van der Waals surface area contributed by atoms with E-state index < -0.39 is 9.84 Å². The molecule has 1 saturated heterocycles. The number of carbonyl (C=O) groups excluding carboxylic acids is 1. The minimum Gasteiger partial charge on any atom is -0.342 e. The number of allylic oxidation sites excluding steroid dienone is 2. The number of hydrogen-bond acceptors (Lipinski definition) is 3. The van der Waals surface area contributed by atoms with Crippen molar-refractivity contribution in [3.8, 4) is 0 Å². The fraction of sp³-hybridized carbons (Fsp3) is 0.320. The van der Waals surface area contributed by atoms with Crippen LogP contribution in [0.3, 0.4) is 0 Å². The summed E-state index contributed by atoms with van der Waals surface area (Å²) < 4.78 is 37.5. The molecule has 1 aliphatic heterocycles. The van der Waals surface area contributed by atoms with Gasteiger partial charge in [0.2, 0.25) is 5.91 Å². The molecule has 1 amide bonds. The number of halogens is 1. The number of piperidine rings is 1. The summed E-state index contributed by atoms with van der Waals surface area (Å²) in [5, 5.41) is 0. The van der Waals surface area contributed by atoms with Crippen LogP contribution < -0.4 is 0 Å². The Balaban J connectivity index is 1.71. The Bertz CT molecular complexity index is 1190. The first-order valence-electron chi connectivity index (χ1n) is 10.5. The predicted molar refractivity (Wildman–Crippen MR) is 121 cm³/mol. The number of sulfone groups is 1. The van der Waals surface area contributed by atoms with Crippen molar-refractivity contribution >= 4 is 33.0 Å². The molecule has 2 aromatic carbocycles. The zero-order valence-electron chi connectivity index (χ0n) is 17.8. The predicted octanol–water partition coefficient (Wildman–Crippen LogP) is 4.96. The van der Waals surface area contributed by atoms with Crippen LogP contribution in [0.15, 0.2) is 52.9 Å². The fourth-order valence-corrected chi connectivity index (χ4v) is 5.00. The van der Waals surface area contributed by atoms with E-state index >= 15 is 0 Å². The lowest BCUT2D eigenvalue weighted by atomic mass is 10.0. The van der Waals surface area contributed by atoms with Gasteiger partial charge < -0.3 is 4.90 Å². The van der Waals surface area contributed by atoms with Crippen LogP contribution in [0.2, 0.25) is 0 Å². The van der Waals surface area contributed by atoms with Gasteiger partial charge in [0.1, 0.15) is 5.82 Å². The molecule has 162 valence electrons. The number of benzene rings is 2. The van der Waals surface area contributed by atoms with E-state index in [-0.39, 0.29) is 23.0 Å². The lowest BCUT2D eigenvalue weighted by Crippen LogP contribution is -2.35. The number of amides is 1. The second-order valence-electron chi connectivity index (χ2n) is 8.31. The molecule has 0 bridgehead atoms. The molecular weight excluding hydrogens is 413 g/mol. The number of likely N-dealkylation sites (tertiary alicyclic amines) is 1. The summed E-state index contributed by atoms with van der Waals surface area (Å²) in [6, 6.07) is 11.4. The number of rotatable bonds is 4. The van der Waals surface area contributed by atoms with Crippen LogP contribution in [-0.2, 0) is 14.6 Å². The number of carbonyl (C=O) groups is 1. The maximum Gasteiger partial charge on any atom is 0.227 e. The standard InChI is InChI=1S/C25H26FNO3S/c1-17-22(14-18-6-9-20(10-7-18)31(2,29)30)21-11-8-19(26)15-24(21)23(17)16-25(28)27-12-4-3-5-13-27/h6-11,14-15H,3-5,12-13,16H2,1-2H3/b22-14-. The highest BCUT2D eigenvalue weighted by atomic mass is 32.2. The monoisotopic (exact) mass is 439 g/mol. The summed E-state index contributed by atoms with van der Waals surface area (Å²) in [6.45, 7) is 3.54. The Kier molecular flexibility index (Phi) is 5.84. The minimum atomic E-state index is -3.26. The van der Waals surface area contributed by atoms with Gasteiger partial charge in [-0.25, -0.2) is 12.8 Å². The first-order valence-corrected chi connectivity index (χ1v) is 12.4. The highest BCUT2D eigenvalue weighted by Crippen LogP contribution is 2.44. The van der Waals surface area contributed by atoms with E-state index in [1.54, 1.807) is 30.3 Å². The van der Waals surface area contributed by atoms with Crippen molar-refractivity contribution in [2.75, 3.05) is 19.3 Å². The van der Waals surface area contributed by atoms with Crippen LogP contribution in [-0.4, -0.2) is 38.6 Å². The van der Waals surface area contributed by atoms with Crippen molar-refractivity contribution in [1.29, 1.82) is 0 Å². The van der Waals surface area contributed by atoms with E-state index in [4.69, 9.17) is 0 Å². The SMILES string of the molecule is CC1=C(CC(=O)N2CCCCC2)c2cc(F)ccc2/C1=C\c1ccc(S(C)(=O)=O)cc1. The van der Waals surface area contributed by atoms with Gasteiger partial charge in [-0.2, -0.15) is 0 Å². The average Bonchev–Trinajstić information content (AvgIpc) is 2.99. The van der Waals surface area contributed by atoms with Gasteiger partial charge in [-0.05, 0) is 89.9 Å². The zero-order valence-corrected chi connectivity index (χ0v) is 18.6. The first-order chi connectivity index (χ1) is 14.7. The van der Waals surface area contributed by atoms with Gasteiger partial charge in [0, 0.05) is 19.3 Å². The van der Waals surface area contributed by atoms with Crippen molar-refractivity contribution in [3.63, 3.8) is 0 Å². The molecule has 2 aromatic rings. The summed E-state index contributed by atoms with van der Waals surface area (Å²) >= 11 is 0. The van der Waals surface area contributed by atoms with Gasteiger partial charge in [-0.3, -0.25) is 4.79 Å². The molecule has 31 heavy (non-hydrogen) atoms. The average molecular weight is 440 g/mol. The summed E-state index contributed by atoms with van der Waals surface area (Å²) in [5.74, 6) is -0.240. The Labute approximate surface area is 183 Å². The summed E-state index contributed by atoms with van der Waals surface area (Å²) in [4.78, 5) is 15.1. The molecule has 0 spiro atoms. The van der Waals surface area contributed by atoms with Crippen molar-refractivity contribution in [2.45, 2.75) is 37.5 Å². The molecule has 4 rings (SSSR count). The third-order valence-electron chi connectivity index (χ3n) is 6.11. The quantitative estimate of drug-likeness (QED) is 0.677. The highest BCUT2D eigenvalue weighted by Gasteiger charge is 2.27. The van der Waals surface area contributed by atoms with Gasteiger partial charge in [-0.1, -0.05) is 18.2 Å². The third-order valence-corrected chi connectivity index (χ3v) is 7.24. The summed E-state index contributed by atoms with van der Waals surface area (Å²) in [6.07, 6.45) is 6.63. The molecule has 0 radical (unpaired) electrons. The minimum absolute atomic E-state index is 0.0861. The van der Waals surface area contributed by atoms with Crippen molar-refractivity contribution < 1.29 is 17.6 Å². The second kappa shape index (κ2) is 8.42. The molecule has 1 heterocycles. The highest BCUT2D eigenvalue weighted by molar-refractivity contribution is 7.90. The fourth-order valence-electron chi connectivity index (χ4n) is 4.37. The van der Waals surface area contributed by atoms with Gasteiger partial charge in [0.25, 0.3) is 0 Å². The molecule has 0 saturated carbocycles. The molecule has 0 N–H and O–H groups in total. The summed E-state index contributed by atoms with van der Waals surface area (Å²) in [7, 11) is -3.26.